The maximum Gasteiger partial charge on any atom is 0.412 e. The van der Waals surface area contributed by atoms with Gasteiger partial charge in [-0.1, -0.05) is 61.5 Å². The third-order valence-electron chi connectivity index (χ3n) is 5.17. The molecule has 0 bridgehead atoms. The number of nitrogens with one attached hydrogen (secondary N) is 2. The summed E-state index contributed by atoms with van der Waals surface area (Å²) in [5.41, 5.74) is 2.95. The van der Waals surface area contributed by atoms with Crippen LogP contribution in [0.1, 0.15) is 31.4 Å². The average molecular weight is 434 g/mol. The number of phenolic OH excluding ortho intramolecular Hbond substituents is 1. The van der Waals surface area contributed by atoms with E-state index in [1.54, 1.807) is 35.8 Å². The van der Waals surface area contributed by atoms with Crippen LogP contribution < -0.4 is 10.8 Å². The summed E-state index contributed by atoms with van der Waals surface area (Å²) in [6, 6.07) is 19.9. The number of anilines is 1. The minimum atomic E-state index is -0.599. The van der Waals surface area contributed by atoms with Crippen molar-refractivity contribution in [2.45, 2.75) is 25.9 Å². The molecule has 0 heterocycles. The number of aromatic hydroxyl groups is 1. The van der Waals surface area contributed by atoms with Crippen molar-refractivity contribution < 1.29 is 24.6 Å². The van der Waals surface area contributed by atoms with Gasteiger partial charge in [-0.15, -0.1) is 0 Å². The molecule has 166 valence electrons. The zero-order valence-corrected chi connectivity index (χ0v) is 17.7. The molecule has 0 spiro atoms. The largest absolute Gasteiger partial charge is 0.508 e. The van der Waals surface area contributed by atoms with E-state index in [1.165, 1.54) is 6.08 Å². The molecule has 0 saturated heterocycles. The van der Waals surface area contributed by atoms with Gasteiger partial charge >= 0.3 is 6.09 Å². The number of rotatable bonds is 8. The van der Waals surface area contributed by atoms with Crippen molar-refractivity contribution in [2.75, 3.05) is 5.32 Å². The maximum absolute atomic E-state index is 12.8. The third kappa shape index (κ3) is 6.09. The van der Waals surface area contributed by atoms with E-state index in [4.69, 9.17) is 9.94 Å². The highest BCUT2D eigenvalue weighted by molar-refractivity contribution is 6.00. The molecule has 0 radical (unpaired) electrons. The fraction of sp³-hybridized carbons (Fsp3) is 0.200. The lowest BCUT2D eigenvalue weighted by Crippen LogP contribution is -2.22. The lowest BCUT2D eigenvalue weighted by molar-refractivity contribution is -0.124. The molecule has 7 nitrogen and oxygen atoms in total. The van der Waals surface area contributed by atoms with Crippen molar-refractivity contribution in [3.63, 3.8) is 0 Å². The van der Waals surface area contributed by atoms with Crippen LogP contribution >= 0.6 is 0 Å². The zero-order chi connectivity index (χ0) is 22.9. The Labute approximate surface area is 186 Å². The minimum absolute atomic E-state index is 0.0837. The first-order valence-corrected chi connectivity index (χ1v) is 10.3. The fourth-order valence-corrected chi connectivity index (χ4v) is 3.50. The van der Waals surface area contributed by atoms with Gasteiger partial charge in [0.05, 0.1) is 5.69 Å². The van der Waals surface area contributed by atoms with Crippen LogP contribution in [0.5, 0.6) is 5.75 Å². The van der Waals surface area contributed by atoms with Gasteiger partial charge in [-0.05, 0) is 47.9 Å². The number of benzene rings is 3. The van der Waals surface area contributed by atoms with Crippen molar-refractivity contribution >= 4 is 28.5 Å². The second-order valence-electron chi connectivity index (χ2n) is 7.50. The van der Waals surface area contributed by atoms with Crippen molar-refractivity contribution in [3.05, 3.63) is 84.4 Å². The van der Waals surface area contributed by atoms with Crippen molar-refractivity contribution in [1.29, 1.82) is 0 Å². The Balaban J connectivity index is 1.74. The third-order valence-corrected chi connectivity index (χ3v) is 5.17. The molecule has 7 heteroatoms. The zero-order valence-electron chi connectivity index (χ0n) is 17.7. The number of hydrogen-bond donors (Lipinski definition) is 4. The molecule has 4 N–H and O–H groups in total. The first kappa shape index (κ1) is 22.8. The van der Waals surface area contributed by atoms with Gasteiger partial charge in [-0.2, -0.15) is 0 Å². The summed E-state index contributed by atoms with van der Waals surface area (Å²) in [5, 5.41) is 22.9. The number of carbonyl (C=O) groups is 2. The Bertz CT molecular complexity index is 1090. The Morgan fingerprint density at radius 3 is 2.50 bits per heavy atom. The number of hydrogen-bond acceptors (Lipinski definition) is 5. The van der Waals surface area contributed by atoms with E-state index >= 15 is 0 Å². The average Bonchev–Trinajstić information content (AvgIpc) is 2.81. The Morgan fingerprint density at radius 1 is 1.03 bits per heavy atom. The van der Waals surface area contributed by atoms with Crippen LogP contribution in [-0.4, -0.2) is 22.3 Å². The Kier molecular flexibility index (Phi) is 7.83. The first-order chi connectivity index (χ1) is 15.5. The molecule has 0 saturated carbocycles. The summed E-state index contributed by atoms with van der Waals surface area (Å²) in [6.07, 6.45) is 2.93. The van der Waals surface area contributed by atoms with Crippen LogP contribution in [-0.2, 0) is 9.53 Å². The second kappa shape index (κ2) is 11.0. The topological polar surface area (TPSA) is 108 Å². The lowest BCUT2D eigenvalue weighted by atomic mass is 9.93. The molecule has 3 rings (SSSR count). The number of phenols is 1. The van der Waals surface area contributed by atoms with Gasteiger partial charge in [0.1, 0.15) is 11.9 Å². The molecular weight excluding hydrogens is 408 g/mol. The van der Waals surface area contributed by atoms with E-state index in [9.17, 15) is 14.7 Å². The highest BCUT2D eigenvalue weighted by atomic mass is 16.6. The lowest BCUT2D eigenvalue weighted by Gasteiger charge is -2.25. The number of allylic oxidation sites excluding steroid dienone is 1. The van der Waals surface area contributed by atoms with E-state index in [2.05, 4.69) is 5.32 Å². The summed E-state index contributed by atoms with van der Waals surface area (Å²) >= 11 is 0. The van der Waals surface area contributed by atoms with Gasteiger partial charge < -0.3 is 9.84 Å². The SMILES string of the molecule is C[C@H](CC/C=C/C(=O)NO)[C@@H](OC(=O)Nc1cccc2ccccc12)c1ccc(O)cc1. The monoisotopic (exact) mass is 434 g/mol. The Morgan fingerprint density at radius 2 is 1.75 bits per heavy atom. The van der Waals surface area contributed by atoms with Crippen LogP contribution in [0.25, 0.3) is 10.8 Å². The molecule has 2 amide bonds. The predicted octanol–water partition coefficient (Wildman–Crippen LogP) is 5.31. The van der Waals surface area contributed by atoms with Gasteiger partial charge in [-0.3, -0.25) is 15.3 Å². The predicted molar refractivity (Wildman–Crippen MR) is 122 cm³/mol. The van der Waals surface area contributed by atoms with E-state index in [0.717, 1.165) is 16.3 Å². The van der Waals surface area contributed by atoms with Crippen LogP contribution in [0.15, 0.2) is 78.9 Å². The number of carbonyl (C=O) groups excluding carboxylic acids is 2. The van der Waals surface area contributed by atoms with Gasteiger partial charge in [0.15, 0.2) is 0 Å². The quantitative estimate of drug-likeness (QED) is 0.218. The van der Waals surface area contributed by atoms with Crippen molar-refractivity contribution in [3.8, 4) is 5.75 Å². The first-order valence-electron chi connectivity index (χ1n) is 10.3. The summed E-state index contributed by atoms with van der Waals surface area (Å²) in [6.45, 7) is 1.95. The fourth-order valence-electron chi connectivity index (χ4n) is 3.50. The van der Waals surface area contributed by atoms with Gasteiger partial charge in [0.25, 0.3) is 5.91 Å². The van der Waals surface area contributed by atoms with E-state index in [-0.39, 0.29) is 11.7 Å². The summed E-state index contributed by atoms with van der Waals surface area (Å²) in [4.78, 5) is 23.9. The molecule has 0 aliphatic rings. The molecule has 32 heavy (non-hydrogen) atoms. The van der Waals surface area contributed by atoms with Crippen LogP contribution in [0.3, 0.4) is 0 Å². The number of hydroxylamine groups is 1. The summed E-state index contributed by atoms with van der Waals surface area (Å²) < 4.78 is 5.82. The van der Waals surface area contributed by atoms with Crippen molar-refractivity contribution in [2.24, 2.45) is 5.92 Å². The molecule has 0 unspecified atom stereocenters. The number of ether oxygens (including phenoxy) is 1. The minimum Gasteiger partial charge on any atom is -0.508 e. The van der Waals surface area contributed by atoms with E-state index < -0.39 is 18.1 Å². The van der Waals surface area contributed by atoms with Crippen LogP contribution in [0, 0.1) is 5.92 Å². The molecule has 0 aliphatic heterocycles. The van der Waals surface area contributed by atoms with E-state index in [1.807, 2.05) is 49.4 Å². The molecule has 0 aromatic heterocycles. The van der Waals surface area contributed by atoms with Gasteiger partial charge in [0.2, 0.25) is 0 Å². The van der Waals surface area contributed by atoms with Gasteiger partial charge in [0, 0.05) is 11.5 Å². The molecular formula is C25H26N2O5. The molecule has 0 aliphatic carbocycles. The molecule has 0 fully saturated rings. The highest BCUT2D eigenvalue weighted by Crippen LogP contribution is 2.31. The van der Waals surface area contributed by atoms with Crippen LogP contribution in [0.2, 0.25) is 0 Å². The van der Waals surface area contributed by atoms with Crippen molar-refractivity contribution in [1.82, 2.24) is 5.48 Å². The normalized spacial score (nSPS) is 12.9. The standard InChI is InChI=1S/C25H26N2O5/c1-17(7-2-5-12-23(29)27-31)24(19-13-15-20(28)16-14-19)32-25(30)26-22-11-6-9-18-8-3-4-10-21(18)22/h3-6,8-17,24,28,31H,2,7H2,1H3,(H,26,30)(H,27,29)/b12-5+/t17-,24-/m1/s1. The van der Waals surface area contributed by atoms with E-state index in [0.29, 0.717) is 18.5 Å². The molecule has 3 aromatic carbocycles. The second-order valence-corrected chi connectivity index (χ2v) is 7.50. The highest BCUT2D eigenvalue weighted by Gasteiger charge is 2.24. The maximum atomic E-state index is 12.8. The number of amides is 2. The summed E-state index contributed by atoms with van der Waals surface area (Å²) in [7, 11) is 0. The van der Waals surface area contributed by atoms with Crippen LogP contribution in [0.4, 0.5) is 10.5 Å². The molecule has 3 aromatic rings. The number of fused-ring (bicyclic) bond motifs is 1. The summed E-state index contributed by atoms with van der Waals surface area (Å²) in [5.74, 6) is -0.559. The smallest absolute Gasteiger partial charge is 0.412 e. The Hall–Kier alpha value is -3.84. The molecule has 2 atom stereocenters. The van der Waals surface area contributed by atoms with Gasteiger partial charge in [-0.25, -0.2) is 10.3 Å².